The Kier molecular flexibility index (Phi) is 5.16. The molecule has 2 aromatic rings. The fourth-order valence-electron chi connectivity index (χ4n) is 3.52. The van der Waals surface area contributed by atoms with Gasteiger partial charge in [-0.1, -0.05) is 6.07 Å². The van der Waals surface area contributed by atoms with E-state index in [9.17, 15) is 9.90 Å². The smallest absolute Gasteiger partial charge is 0.274 e. The van der Waals surface area contributed by atoms with Gasteiger partial charge in [-0.2, -0.15) is 0 Å². The molecule has 0 aliphatic carbocycles. The van der Waals surface area contributed by atoms with Gasteiger partial charge in [0.25, 0.3) is 5.91 Å². The molecule has 1 aliphatic heterocycles. The molecule has 6 heteroatoms. The highest BCUT2D eigenvalue weighted by Gasteiger charge is 2.30. The number of nitrogens with zero attached hydrogens (tertiary/aromatic N) is 4. The average Bonchev–Trinajstić information content (AvgIpc) is 2.93. The van der Waals surface area contributed by atoms with Crippen molar-refractivity contribution in [2.75, 3.05) is 27.2 Å². The lowest BCUT2D eigenvalue weighted by Gasteiger charge is -2.35. The van der Waals surface area contributed by atoms with E-state index < -0.39 is 0 Å². The highest BCUT2D eigenvalue weighted by molar-refractivity contribution is 5.94. The van der Waals surface area contributed by atoms with Gasteiger partial charge in [0.2, 0.25) is 0 Å². The fourth-order valence-corrected chi connectivity index (χ4v) is 3.52. The number of aromatic nitrogens is 2. The zero-order valence-electron chi connectivity index (χ0n) is 14.5. The van der Waals surface area contributed by atoms with E-state index in [1.807, 2.05) is 47.8 Å². The van der Waals surface area contributed by atoms with Crippen LogP contribution in [0.15, 0.2) is 24.4 Å². The van der Waals surface area contributed by atoms with Crippen LogP contribution in [-0.4, -0.2) is 63.5 Å². The van der Waals surface area contributed by atoms with E-state index in [-0.39, 0.29) is 18.6 Å². The largest absolute Gasteiger partial charge is 0.396 e. The highest BCUT2D eigenvalue weighted by atomic mass is 16.3. The van der Waals surface area contributed by atoms with Crippen molar-refractivity contribution >= 4 is 11.6 Å². The molecule has 3 heterocycles. The molecular formula is C18H26N4O2. The molecule has 1 saturated heterocycles. The first-order chi connectivity index (χ1) is 11.6. The summed E-state index contributed by atoms with van der Waals surface area (Å²) in [6, 6.07) is 5.94. The van der Waals surface area contributed by atoms with Gasteiger partial charge in [-0.25, -0.2) is 4.98 Å². The first-order valence-corrected chi connectivity index (χ1v) is 8.64. The highest BCUT2D eigenvalue weighted by Crippen LogP contribution is 2.24. The van der Waals surface area contributed by atoms with Gasteiger partial charge in [-0.3, -0.25) is 4.79 Å². The molecule has 0 bridgehead atoms. The van der Waals surface area contributed by atoms with E-state index in [1.165, 1.54) is 0 Å². The van der Waals surface area contributed by atoms with Crippen LogP contribution in [0.2, 0.25) is 0 Å². The number of aliphatic hydroxyl groups excluding tert-OH is 1. The summed E-state index contributed by atoms with van der Waals surface area (Å²) < 4.78 is 2.00. The number of amides is 1. The number of fused-ring (bicyclic) bond motifs is 1. The van der Waals surface area contributed by atoms with Crippen LogP contribution in [0.1, 0.15) is 41.9 Å². The lowest BCUT2D eigenvalue weighted by atomic mass is 9.99. The Morgan fingerprint density at radius 1 is 1.38 bits per heavy atom. The van der Waals surface area contributed by atoms with E-state index in [2.05, 4.69) is 9.88 Å². The summed E-state index contributed by atoms with van der Waals surface area (Å²) in [4.78, 5) is 21.8. The van der Waals surface area contributed by atoms with Crippen LogP contribution in [0, 0.1) is 0 Å². The molecule has 1 N–H and O–H groups in total. The van der Waals surface area contributed by atoms with E-state index in [0.29, 0.717) is 18.7 Å². The third kappa shape index (κ3) is 3.30. The van der Waals surface area contributed by atoms with Crippen LogP contribution >= 0.6 is 0 Å². The second-order valence-corrected chi connectivity index (χ2v) is 6.73. The van der Waals surface area contributed by atoms with E-state index in [4.69, 9.17) is 0 Å². The standard InChI is InChI=1S/C18H26N4O2/c1-20(2)13-15-17(19-16-8-4-6-11-22(15)16)18(24)21-10-5-3-7-14(21)9-12-23/h4,6,8,11,14,23H,3,5,7,9-10,12-13H2,1-2H3. The number of imidazole rings is 1. The van der Waals surface area contributed by atoms with Crippen molar-refractivity contribution in [3.05, 3.63) is 35.8 Å². The van der Waals surface area contributed by atoms with Crippen molar-refractivity contribution in [2.45, 2.75) is 38.3 Å². The zero-order chi connectivity index (χ0) is 17.1. The quantitative estimate of drug-likeness (QED) is 0.908. The summed E-state index contributed by atoms with van der Waals surface area (Å²) in [5.41, 5.74) is 2.27. The summed E-state index contributed by atoms with van der Waals surface area (Å²) >= 11 is 0. The maximum Gasteiger partial charge on any atom is 0.274 e. The summed E-state index contributed by atoms with van der Waals surface area (Å²) in [5.74, 6) is -0.00583. The molecule has 0 aromatic carbocycles. The Balaban J connectivity index is 1.99. The second kappa shape index (κ2) is 7.32. The first-order valence-electron chi connectivity index (χ1n) is 8.64. The number of pyridine rings is 1. The van der Waals surface area contributed by atoms with Crippen molar-refractivity contribution in [1.29, 1.82) is 0 Å². The van der Waals surface area contributed by atoms with Crippen molar-refractivity contribution in [3.63, 3.8) is 0 Å². The van der Waals surface area contributed by atoms with Gasteiger partial charge in [-0.15, -0.1) is 0 Å². The maximum atomic E-state index is 13.2. The van der Waals surface area contributed by atoms with Crippen molar-refractivity contribution < 1.29 is 9.90 Å². The molecule has 1 aliphatic rings. The number of aliphatic hydroxyl groups is 1. The Hall–Kier alpha value is -1.92. The lowest BCUT2D eigenvalue weighted by Crippen LogP contribution is -2.44. The number of carbonyl (C=O) groups is 1. The number of piperidine rings is 1. The number of hydrogen-bond donors (Lipinski definition) is 1. The summed E-state index contributed by atoms with van der Waals surface area (Å²) in [7, 11) is 3.98. The zero-order valence-corrected chi connectivity index (χ0v) is 14.5. The number of carbonyl (C=O) groups excluding carboxylic acids is 1. The van der Waals surface area contributed by atoms with Gasteiger partial charge in [0.15, 0.2) is 5.69 Å². The predicted octanol–water partition coefficient (Wildman–Crippen LogP) is 1.77. The third-order valence-electron chi connectivity index (χ3n) is 4.65. The average molecular weight is 330 g/mol. The maximum absolute atomic E-state index is 13.2. The predicted molar refractivity (Wildman–Crippen MR) is 93.0 cm³/mol. The fraction of sp³-hybridized carbons (Fsp3) is 0.556. The minimum Gasteiger partial charge on any atom is -0.396 e. The minimum absolute atomic E-state index is 0.00583. The lowest BCUT2D eigenvalue weighted by molar-refractivity contribution is 0.0567. The molecule has 2 aromatic heterocycles. The van der Waals surface area contributed by atoms with Crippen LogP contribution in [0.25, 0.3) is 5.65 Å². The molecule has 6 nitrogen and oxygen atoms in total. The van der Waals surface area contributed by atoms with Crippen molar-refractivity contribution in [2.24, 2.45) is 0 Å². The number of rotatable bonds is 5. The van der Waals surface area contributed by atoms with E-state index in [1.54, 1.807) is 0 Å². The van der Waals surface area contributed by atoms with Crippen LogP contribution < -0.4 is 0 Å². The van der Waals surface area contributed by atoms with Gasteiger partial charge < -0.3 is 19.3 Å². The van der Waals surface area contributed by atoms with Gasteiger partial charge in [0.1, 0.15) is 5.65 Å². The minimum atomic E-state index is -0.00583. The van der Waals surface area contributed by atoms with Crippen molar-refractivity contribution in [3.8, 4) is 0 Å². The Bertz CT molecular complexity index is 708. The molecule has 0 saturated carbocycles. The molecule has 130 valence electrons. The van der Waals surface area contributed by atoms with Crippen molar-refractivity contribution in [1.82, 2.24) is 19.2 Å². The topological polar surface area (TPSA) is 61.1 Å². The summed E-state index contributed by atoms with van der Waals surface area (Å²) in [6.45, 7) is 1.52. The Morgan fingerprint density at radius 2 is 2.21 bits per heavy atom. The molecule has 0 radical (unpaired) electrons. The van der Waals surface area contributed by atoms with Gasteiger partial charge in [0.05, 0.1) is 5.69 Å². The molecule has 1 amide bonds. The number of hydrogen-bond acceptors (Lipinski definition) is 4. The van der Waals surface area contributed by atoms with E-state index >= 15 is 0 Å². The molecule has 3 rings (SSSR count). The molecule has 24 heavy (non-hydrogen) atoms. The van der Waals surface area contributed by atoms with E-state index in [0.717, 1.165) is 37.1 Å². The van der Waals surface area contributed by atoms with Crippen LogP contribution in [-0.2, 0) is 6.54 Å². The SMILES string of the molecule is CN(C)Cc1c(C(=O)N2CCCCC2CCO)nc2ccccn12. The molecule has 1 unspecified atom stereocenters. The van der Waals surface area contributed by atoms with Crippen LogP contribution in [0.4, 0.5) is 0 Å². The van der Waals surface area contributed by atoms with Gasteiger partial charge in [0, 0.05) is 31.9 Å². The Labute approximate surface area is 142 Å². The first kappa shape index (κ1) is 16.9. The van der Waals surface area contributed by atoms with Gasteiger partial charge in [-0.05, 0) is 51.9 Å². The molecule has 0 spiro atoms. The third-order valence-corrected chi connectivity index (χ3v) is 4.65. The molecule has 1 atom stereocenters. The molecular weight excluding hydrogens is 304 g/mol. The summed E-state index contributed by atoms with van der Waals surface area (Å²) in [5, 5.41) is 9.31. The normalized spacial score (nSPS) is 18.5. The number of likely N-dealkylation sites (tertiary alicyclic amines) is 1. The molecule has 1 fully saturated rings. The van der Waals surface area contributed by atoms with Crippen LogP contribution in [0.3, 0.4) is 0 Å². The monoisotopic (exact) mass is 330 g/mol. The second-order valence-electron chi connectivity index (χ2n) is 6.73. The Morgan fingerprint density at radius 3 is 2.96 bits per heavy atom. The van der Waals surface area contributed by atoms with Crippen LogP contribution in [0.5, 0.6) is 0 Å². The summed E-state index contributed by atoms with van der Waals surface area (Å²) in [6.07, 6.45) is 5.69. The van der Waals surface area contributed by atoms with Gasteiger partial charge >= 0.3 is 0 Å².